The zero-order valence-electron chi connectivity index (χ0n) is 20.7. The van der Waals surface area contributed by atoms with Gasteiger partial charge < -0.3 is 14.8 Å². The van der Waals surface area contributed by atoms with Gasteiger partial charge in [0.25, 0.3) is 11.8 Å². The van der Waals surface area contributed by atoms with Crippen LogP contribution in [0.2, 0.25) is 10.0 Å². The van der Waals surface area contributed by atoms with E-state index in [4.69, 9.17) is 32.7 Å². The molecule has 0 aromatic heterocycles. The fraction of sp³-hybridized carbons (Fsp3) is 0.222. The lowest BCUT2D eigenvalue weighted by Gasteiger charge is -2.20. The van der Waals surface area contributed by atoms with Crippen molar-refractivity contribution < 1.29 is 23.5 Å². The first-order valence-electron chi connectivity index (χ1n) is 11.4. The highest BCUT2D eigenvalue weighted by atomic mass is 127. The third kappa shape index (κ3) is 8.05. The number of nitrogens with zero attached hydrogens (tertiary/aromatic N) is 1. The average Bonchev–Trinajstić information content (AvgIpc) is 2.87. The predicted molar refractivity (Wildman–Crippen MR) is 155 cm³/mol. The number of amides is 2. The van der Waals surface area contributed by atoms with E-state index in [1.165, 1.54) is 37.6 Å². The molecule has 0 aliphatic rings. The zero-order chi connectivity index (χ0) is 27.8. The Hall–Kier alpha value is -2.89. The Balaban J connectivity index is 1.66. The van der Waals surface area contributed by atoms with Crippen LogP contribution in [-0.4, -0.2) is 31.2 Å². The van der Waals surface area contributed by atoms with Crippen molar-refractivity contribution >= 4 is 63.8 Å². The van der Waals surface area contributed by atoms with Gasteiger partial charge in [0.1, 0.15) is 18.5 Å². The minimum Gasteiger partial charge on any atom is -0.493 e. The summed E-state index contributed by atoms with van der Waals surface area (Å²) in [7, 11) is 1.52. The average molecular weight is 672 g/mol. The third-order valence-corrected chi connectivity index (χ3v) is 6.76. The summed E-state index contributed by atoms with van der Waals surface area (Å²) < 4.78 is 25.4. The Morgan fingerprint density at radius 2 is 1.82 bits per heavy atom. The second kappa shape index (κ2) is 13.8. The maximum atomic E-state index is 13.1. The number of carbonyl (C=O) groups is 2. The van der Waals surface area contributed by atoms with Crippen LogP contribution in [0, 0.1) is 15.3 Å². The third-order valence-electron chi connectivity index (χ3n) is 5.37. The van der Waals surface area contributed by atoms with E-state index < -0.39 is 23.7 Å². The molecule has 11 heteroatoms. The number of hydrogen-bond donors (Lipinski definition) is 2. The van der Waals surface area contributed by atoms with E-state index in [2.05, 4.69) is 38.4 Å². The molecule has 3 aromatic rings. The summed E-state index contributed by atoms with van der Waals surface area (Å²) in [5.74, 6) is -0.650. The molecule has 0 aliphatic carbocycles. The number of hydrazone groups is 1. The minimum absolute atomic E-state index is 0.214. The second-order valence-electron chi connectivity index (χ2n) is 8.49. The van der Waals surface area contributed by atoms with E-state index in [0.29, 0.717) is 27.1 Å². The number of benzene rings is 3. The fourth-order valence-electron chi connectivity index (χ4n) is 3.34. The SMILES string of the molecule is COc1cc(C=NNC(=O)C(NC(=O)c2ccc(F)cc2)C(C)C)cc(I)c1OCc1ccc(Cl)cc1Cl. The summed E-state index contributed by atoms with van der Waals surface area (Å²) in [4.78, 5) is 25.2. The van der Waals surface area contributed by atoms with Gasteiger partial charge in [-0.2, -0.15) is 5.10 Å². The monoisotopic (exact) mass is 671 g/mol. The summed E-state index contributed by atoms with van der Waals surface area (Å²) in [6.45, 7) is 3.80. The first-order valence-corrected chi connectivity index (χ1v) is 13.3. The Bertz CT molecular complexity index is 1340. The molecule has 0 fully saturated rings. The van der Waals surface area contributed by atoms with Crippen LogP contribution in [0.5, 0.6) is 11.5 Å². The van der Waals surface area contributed by atoms with Crippen molar-refractivity contribution in [2.75, 3.05) is 7.11 Å². The van der Waals surface area contributed by atoms with E-state index in [1.54, 1.807) is 38.1 Å². The van der Waals surface area contributed by atoms with Crippen molar-refractivity contribution in [3.05, 3.63) is 90.7 Å². The van der Waals surface area contributed by atoms with E-state index in [1.807, 2.05) is 6.07 Å². The number of nitrogens with one attached hydrogen (secondary N) is 2. The normalized spacial score (nSPS) is 11.9. The molecule has 0 bridgehead atoms. The highest BCUT2D eigenvalue weighted by molar-refractivity contribution is 14.1. The van der Waals surface area contributed by atoms with Crippen molar-refractivity contribution in [3.8, 4) is 11.5 Å². The van der Waals surface area contributed by atoms with Gasteiger partial charge in [0.05, 0.1) is 16.9 Å². The van der Waals surface area contributed by atoms with Crippen LogP contribution >= 0.6 is 45.8 Å². The molecule has 38 heavy (non-hydrogen) atoms. The summed E-state index contributed by atoms with van der Waals surface area (Å²) in [6, 6.07) is 12.9. The molecule has 3 aromatic carbocycles. The first-order chi connectivity index (χ1) is 18.1. The Morgan fingerprint density at radius 1 is 1.11 bits per heavy atom. The van der Waals surface area contributed by atoms with Gasteiger partial charge in [0.15, 0.2) is 11.5 Å². The Morgan fingerprint density at radius 3 is 2.45 bits per heavy atom. The van der Waals surface area contributed by atoms with Crippen LogP contribution in [0.15, 0.2) is 59.7 Å². The van der Waals surface area contributed by atoms with Gasteiger partial charge in [-0.1, -0.05) is 43.1 Å². The number of carbonyl (C=O) groups excluding carboxylic acids is 2. The molecule has 0 aliphatic heterocycles. The maximum Gasteiger partial charge on any atom is 0.262 e. The Kier molecular flexibility index (Phi) is 10.7. The van der Waals surface area contributed by atoms with Crippen molar-refractivity contribution in [2.24, 2.45) is 11.0 Å². The van der Waals surface area contributed by atoms with Crippen LogP contribution in [0.4, 0.5) is 4.39 Å². The highest BCUT2D eigenvalue weighted by Crippen LogP contribution is 2.35. The van der Waals surface area contributed by atoms with Crippen molar-refractivity contribution in [3.63, 3.8) is 0 Å². The lowest BCUT2D eigenvalue weighted by Crippen LogP contribution is -2.48. The standard InChI is InChI=1S/C27H25Cl2FIN3O4/c1-15(2)24(33-26(35)17-5-8-20(30)9-6-17)27(36)34-32-13-16-10-22(31)25(23(11-16)37-3)38-14-18-4-7-19(28)12-21(18)29/h4-13,15,24H,14H2,1-3H3,(H,33,35)(H,34,36). The summed E-state index contributed by atoms with van der Waals surface area (Å²) in [5.41, 5.74) is 4.13. The maximum absolute atomic E-state index is 13.1. The molecular weight excluding hydrogens is 647 g/mol. The lowest BCUT2D eigenvalue weighted by atomic mass is 10.0. The van der Waals surface area contributed by atoms with Crippen LogP contribution in [0.25, 0.3) is 0 Å². The first kappa shape index (κ1) is 29.7. The second-order valence-corrected chi connectivity index (χ2v) is 10.5. The molecule has 1 atom stereocenters. The number of rotatable bonds is 10. The molecule has 2 amide bonds. The van der Waals surface area contributed by atoms with Crippen molar-refractivity contribution in [2.45, 2.75) is 26.5 Å². The molecule has 7 nitrogen and oxygen atoms in total. The topological polar surface area (TPSA) is 89.0 Å². The van der Waals surface area contributed by atoms with Gasteiger partial charge in [0.2, 0.25) is 0 Å². The molecule has 0 heterocycles. The number of halogens is 4. The van der Waals surface area contributed by atoms with E-state index in [0.717, 1.165) is 9.13 Å². The van der Waals surface area contributed by atoms with Crippen molar-refractivity contribution in [1.82, 2.24) is 10.7 Å². The molecule has 2 N–H and O–H groups in total. The zero-order valence-corrected chi connectivity index (χ0v) is 24.4. The Labute approximate surface area is 243 Å². The number of hydrogen-bond acceptors (Lipinski definition) is 5. The number of methoxy groups -OCH3 is 1. The van der Waals surface area contributed by atoms with Crippen LogP contribution in [0.3, 0.4) is 0 Å². The smallest absolute Gasteiger partial charge is 0.262 e. The predicted octanol–water partition coefficient (Wildman–Crippen LogP) is 6.23. The van der Waals surface area contributed by atoms with E-state index >= 15 is 0 Å². The minimum atomic E-state index is -0.852. The molecule has 0 saturated carbocycles. The molecule has 0 saturated heterocycles. The van der Waals surface area contributed by atoms with E-state index in [9.17, 15) is 14.0 Å². The molecule has 3 rings (SSSR count). The molecular formula is C27H25Cl2FIN3O4. The van der Waals surface area contributed by atoms with Gasteiger partial charge in [-0.25, -0.2) is 9.82 Å². The summed E-state index contributed by atoms with van der Waals surface area (Å²) >= 11 is 14.3. The summed E-state index contributed by atoms with van der Waals surface area (Å²) in [6.07, 6.45) is 1.46. The van der Waals surface area contributed by atoms with Crippen LogP contribution in [-0.2, 0) is 11.4 Å². The van der Waals surface area contributed by atoms with Crippen LogP contribution in [0.1, 0.15) is 35.3 Å². The largest absolute Gasteiger partial charge is 0.493 e. The molecule has 0 spiro atoms. The lowest BCUT2D eigenvalue weighted by molar-refractivity contribution is -0.123. The number of ether oxygens (including phenoxy) is 2. The molecule has 1 unspecified atom stereocenters. The quantitative estimate of drug-likeness (QED) is 0.152. The fourth-order valence-corrected chi connectivity index (χ4v) is 4.59. The summed E-state index contributed by atoms with van der Waals surface area (Å²) in [5, 5.41) is 7.75. The van der Waals surface area contributed by atoms with Crippen molar-refractivity contribution in [1.29, 1.82) is 0 Å². The molecule has 0 radical (unpaired) electrons. The van der Waals surface area contributed by atoms with Gasteiger partial charge in [-0.15, -0.1) is 0 Å². The van der Waals surface area contributed by atoms with E-state index in [-0.39, 0.29) is 18.1 Å². The van der Waals surface area contributed by atoms with Gasteiger partial charge in [-0.3, -0.25) is 9.59 Å². The molecule has 200 valence electrons. The van der Waals surface area contributed by atoms with Gasteiger partial charge >= 0.3 is 0 Å². The van der Waals surface area contributed by atoms with Crippen LogP contribution < -0.4 is 20.2 Å². The van der Waals surface area contributed by atoms with Gasteiger partial charge in [-0.05, 0) is 82.6 Å². The van der Waals surface area contributed by atoms with Gasteiger partial charge in [0, 0.05) is 21.2 Å². The highest BCUT2D eigenvalue weighted by Gasteiger charge is 2.24.